The van der Waals surface area contributed by atoms with Crippen molar-refractivity contribution in [2.75, 3.05) is 20.1 Å². The first-order valence-electron chi connectivity index (χ1n) is 9.45. The van der Waals surface area contributed by atoms with Crippen LogP contribution >= 0.6 is 0 Å². The predicted octanol–water partition coefficient (Wildman–Crippen LogP) is 2.94. The summed E-state index contributed by atoms with van der Waals surface area (Å²) in [5, 5.41) is 11.0. The molecule has 1 atom stereocenters. The first kappa shape index (κ1) is 18.3. The average Bonchev–Trinajstić information content (AvgIpc) is 2.62. The third kappa shape index (κ3) is 4.21. The number of likely N-dealkylation sites (N-methyl/N-ethyl adjacent to an activating group) is 1. The molecular formula is C20H29FN2O2. The van der Waals surface area contributed by atoms with Crippen LogP contribution in [0.1, 0.15) is 50.5 Å². The fourth-order valence-corrected chi connectivity index (χ4v) is 4.26. The highest BCUT2D eigenvalue weighted by molar-refractivity contribution is 5.86. The molecule has 5 heteroatoms. The van der Waals surface area contributed by atoms with E-state index < -0.39 is 5.60 Å². The molecule has 1 aromatic carbocycles. The Morgan fingerprint density at radius 2 is 1.96 bits per heavy atom. The van der Waals surface area contributed by atoms with Crippen molar-refractivity contribution in [2.24, 2.45) is 0 Å². The highest BCUT2D eigenvalue weighted by Gasteiger charge is 2.43. The number of carbonyl (C=O) groups is 1. The molecule has 1 saturated heterocycles. The van der Waals surface area contributed by atoms with Gasteiger partial charge in [0.2, 0.25) is 0 Å². The topological polar surface area (TPSA) is 43.8 Å². The molecule has 1 aliphatic carbocycles. The molecule has 25 heavy (non-hydrogen) atoms. The Morgan fingerprint density at radius 3 is 2.68 bits per heavy atom. The molecule has 1 aliphatic heterocycles. The summed E-state index contributed by atoms with van der Waals surface area (Å²) in [6.07, 6.45) is 7.23. The molecule has 1 heterocycles. The van der Waals surface area contributed by atoms with E-state index in [1.54, 1.807) is 23.1 Å². The van der Waals surface area contributed by atoms with E-state index in [1.807, 2.05) is 7.05 Å². The van der Waals surface area contributed by atoms with E-state index in [0.717, 1.165) is 19.3 Å². The molecule has 1 N–H and O–H groups in total. The molecule has 0 unspecified atom stereocenters. The SMILES string of the molecule is CN(C[C@@]1(O)CCCN(Cc2ccccc2F)C1=O)C1CCCCC1. The van der Waals surface area contributed by atoms with Crippen LogP contribution in [0, 0.1) is 5.82 Å². The summed E-state index contributed by atoms with van der Waals surface area (Å²) in [6.45, 7) is 1.16. The van der Waals surface area contributed by atoms with Crippen molar-refractivity contribution in [3.8, 4) is 0 Å². The fourth-order valence-electron chi connectivity index (χ4n) is 4.26. The van der Waals surface area contributed by atoms with Crippen LogP contribution in [0.2, 0.25) is 0 Å². The number of nitrogens with zero attached hydrogens (tertiary/aromatic N) is 2. The van der Waals surface area contributed by atoms with Gasteiger partial charge in [-0.3, -0.25) is 4.79 Å². The highest BCUT2D eigenvalue weighted by Crippen LogP contribution is 2.28. The van der Waals surface area contributed by atoms with Gasteiger partial charge in [0.15, 0.2) is 5.60 Å². The van der Waals surface area contributed by atoms with Crippen molar-refractivity contribution >= 4 is 5.91 Å². The molecule has 1 aromatic rings. The van der Waals surface area contributed by atoms with Gasteiger partial charge in [-0.1, -0.05) is 37.5 Å². The van der Waals surface area contributed by atoms with Gasteiger partial charge in [0, 0.05) is 31.2 Å². The first-order chi connectivity index (χ1) is 12.0. The summed E-state index contributed by atoms with van der Waals surface area (Å²) < 4.78 is 13.9. The predicted molar refractivity (Wildman–Crippen MR) is 95.5 cm³/mol. The Hall–Kier alpha value is -1.46. The van der Waals surface area contributed by atoms with Crippen LogP contribution in [0.4, 0.5) is 4.39 Å². The zero-order chi connectivity index (χ0) is 17.9. The minimum absolute atomic E-state index is 0.223. The average molecular weight is 348 g/mol. The summed E-state index contributed by atoms with van der Waals surface area (Å²) >= 11 is 0. The number of rotatable bonds is 5. The molecule has 1 saturated carbocycles. The van der Waals surface area contributed by atoms with Crippen LogP contribution in [0.25, 0.3) is 0 Å². The summed E-state index contributed by atoms with van der Waals surface area (Å²) in [5.74, 6) is -0.562. The molecular weight excluding hydrogens is 319 g/mol. The second-order valence-corrected chi connectivity index (χ2v) is 7.66. The van der Waals surface area contributed by atoms with Crippen molar-refractivity contribution in [3.05, 3.63) is 35.6 Å². The minimum Gasteiger partial charge on any atom is -0.379 e. The number of likely N-dealkylation sites (tertiary alicyclic amines) is 1. The summed E-state index contributed by atoms with van der Waals surface area (Å²) in [7, 11) is 2.01. The monoisotopic (exact) mass is 348 g/mol. The maximum Gasteiger partial charge on any atom is 0.256 e. The quantitative estimate of drug-likeness (QED) is 0.890. The van der Waals surface area contributed by atoms with E-state index in [0.29, 0.717) is 31.1 Å². The Balaban J connectivity index is 1.66. The van der Waals surface area contributed by atoms with E-state index in [1.165, 1.54) is 25.3 Å². The smallest absolute Gasteiger partial charge is 0.256 e. The van der Waals surface area contributed by atoms with Gasteiger partial charge in [0.05, 0.1) is 0 Å². The maximum atomic E-state index is 13.9. The Bertz CT molecular complexity index is 603. The van der Waals surface area contributed by atoms with Gasteiger partial charge >= 0.3 is 0 Å². The molecule has 0 spiro atoms. The zero-order valence-corrected chi connectivity index (χ0v) is 15.1. The van der Waals surface area contributed by atoms with Crippen molar-refractivity contribution in [2.45, 2.75) is 63.1 Å². The minimum atomic E-state index is -1.35. The van der Waals surface area contributed by atoms with Crippen molar-refractivity contribution in [3.63, 3.8) is 0 Å². The molecule has 4 nitrogen and oxygen atoms in total. The number of piperidine rings is 1. The molecule has 1 amide bonds. The molecule has 2 aliphatic rings. The van der Waals surface area contributed by atoms with Crippen LogP contribution in [0.5, 0.6) is 0 Å². The van der Waals surface area contributed by atoms with Crippen LogP contribution in [-0.2, 0) is 11.3 Å². The van der Waals surface area contributed by atoms with E-state index in [4.69, 9.17) is 0 Å². The van der Waals surface area contributed by atoms with Gasteiger partial charge in [-0.25, -0.2) is 4.39 Å². The lowest BCUT2D eigenvalue weighted by molar-refractivity contribution is -0.160. The Morgan fingerprint density at radius 1 is 1.24 bits per heavy atom. The fraction of sp³-hybridized carbons (Fsp3) is 0.650. The number of aliphatic hydroxyl groups is 1. The van der Waals surface area contributed by atoms with E-state index in [-0.39, 0.29) is 18.3 Å². The van der Waals surface area contributed by atoms with Crippen LogP contribution in [0.15, 0.2) is 24.3 Å². The Kier molecular flexibility index (Phi) is 5.74. The lowest BCUT2D eigenvalue weighted by atomic mass is 9.88. The van der Waals surface area contributed by atoms with E-state index >= 15 is 0 Å². The number of hydrogen-bond donors (Lipinski definition) is 1. The Labute approximate surface area is 149 Å². The van der Waals surface area contributed by atoms with Crippen LogP contribution < -0.4 is 0 Å². The molecule has 0 aromatic heterocycles. The molecule has 138 valence electrons. The van der Waals surface area contributed by atoms with Crippen LogP contribution in [-0.4, -0.2) is 52.6 Å². The first-order valence-corrected chi connectivity index (χ1v) is 9.45. The molecule has 2 fully saturated rings. The van der Waals surface area contributed by atoms with E-state index in [9.17, 15) is 14.3 Å². The van der Waals surface area contributed by atoms with E-state index in [2.05, 4.69) is 4.90 Å². The van der Waals surface area contributed by atoms with Crippen molar-refractivity contribution < 1.29 is 14.3 Å². The summed E-state index contributed by atoms with van der Waals surface area (Å²) in [5.41, 5.74) is -0.851. The third-order valence-corrected chi connectivity index (χ3v) is 5.73. The van der Waals surface area contributed by atoms with Gasteiger partial charge in [-0.15, -0.1) is 0 Å². The molecule has 3 rings (SSSR count). The maximum absolute atomic E-state index is 13.9. The molecule has 0 bridgehead atoms. The lowest BCUT2D eigenvalue weighted by Crippen LogP contribution is -2.59. The largest absolute Gasteiger partial charge is 0.379 e. The van der Waals surface area contributed by atoms with Gasteiger partial charge < -0.3 is 14.9 Å². The standard InChI is InChI=1S/C20H29FN2O2/c1-22(17-9-3-2-4-10-17)15-20(25)12-7-13-23(19(20)24)14-16-8-5-6-11-18(16)21/h5-6,8,11,17,25H,2-4,7,9-10,12-15H2,1H3/t20-/m0/s1. The number of benzene rings is 1. The zero-order valence-electron chi connectivity index (χ0n) is 15.1. The van der Waals surface area contributed by atoms with Crippen molar-refractivity contribution in [1.82, 2.24) is 9.80 Å². The lowest BCUT2D eigenvalue weighted by Gasteiger charge is -2.42. The summed E-state index contributed by atoms with van der Waals surface area (Å²) in [6, 6.07) is 6.98. The number of hydrogen-bond acceptors (Lipinski definition) is 3. The number of amides is 1. The van der Waals surface area contributed by atoms with Gasteiger partial charge in [0.1, 0.15) is 5.82 Å². The van der Waals surface area contributed by atoms with Crippen LogP contribution in [0.3, 0.4) is 0 Å². The highest BCUT2D eigenvalue weighted by atomic mass is 19.1. The third-order valence-electron chi connectivity index (χ3n) is 5.73. The summed E-state index contributed by atoms with van der Waals surface area (Å²) in [4.78, 5) is 16.7. The second-order valence-electron chi connectivity index (χ2n) is 7.66. The molecule has 0 radical (unpaired) electrons. The van der Waals surface area contributed by atoms with Gasteiger partial charge in [-0.2, -0.15) is 0 Å². The van der Waals surface area contributed by atoms with Gasteiger partial charge in [-0.05, 0) is 38.8 Å². The van der Waals surface area contributed by atoms with Crippen molar-refractivity contribution in [1.29, 1.82) is 0 Å². The van der Waals surface area contributed by atoms with Gasteiger partial charge in [0.25, 0.3) is 5.91 Å². The number of carbonyl (C=O) groups excluding carboxylic acids is 1. The number of halogens is 1. The second kappa shape index (κ2) is 7.83. The normalized spacial score (nSPS) is 25.6.